The van der Waals surface area contributed by atoms with Crippen molar-refractivity contribution in [2.24, 2.45) is 5.73 Å². The van der Waals surface area contributed by atoms with Gasteiger partial charge in [-0.05, 0) is 81.4 Å². The van der Waals surface area contributed by atoms with E-state index in [-0.39, 0.29) is 24.4 Å². The molecule has 0 aliphatic carbocycles. The van der Waals surface area contributed by atoms with Crippen molar-refractivity contribution < 1.29 is 28.6 Å². The number of furan rings is 1. The lowest BCUT2D eigenvalue weighted by atomic mass is 9.98. The molecule has 0 bridgehead atoms. The van der Waals surface area contributed by atoms with E-state index in [4.69, 9.17) is 14.9 Å². The highest BCUT2D eigenvalue weighted by Gasteiger charge is 2.24. The third-order valence-corrected chi connectivity index (χ3v) is 7.14. The topological polar surface area (TPSA) is 120 Å². The highest BCUT2D eigenvalue weighted by molar-refractivity contribution is 14.1. The summed E-state index contributed by atoms with van der Waals surface area (Å²) in [6.45, 7) is 0. The smallest absolute Gasteiger partial charge is 0.315 e. The molecule has 36 heavy (non-hydrogen) atoms. The molecule has 184 valence electrons. The number of esters is 1. The molecule has 0 atom stereocenters. The van der Waals surface area contributed by atoms with Gasteiger partial charge in [0.1, 0.15) is 22.8 Å². The number of hydrogen-bond donors (Lipinski definition) is 2. The predicted octanol–water partition coefficient (Wildman–Crippen LogP) is 5.53. The second-order valence-electron chi connectivity index (χ2n) is 8.13. The van der Waals surface area contributed by atoms with E-state index in [0.717, 1.165) is 5.56 Å². The number of hydrogen-bond acceptors (Lipinski definition) is 6. The van der Waals surface area contributed by atoms with E-state index in [9.17, 15) is 19.5 Å². The van der Waals surface area contributed by atoms with Crippen LogP contribution in [0.5, 0.6) is 11.5 Å². The third-order valence-electron chi connectivity index (χ3n) is 5.49. The predicted molar refractivity (Wildman–Crippen MR) is 151 cm³/mol. The first-order valence-electron chi connectivity index (χ1n) is 11.0. The van der Waals surface area contributed by atoms with Gasteiger partial charge in [0.05, 0.1) is 19.1 Å². The van der Waals surface area contributed by atoms with Crippen LogP contribution in [0.15, 0.2) is 65.1 Å². The molecule has 0 aliphatic rings. The number of phenolic OH excluding ortho intramolecular Hbond substituents is 1. The summed E-state index contributed by atoms with van der Waals surface area (Å²) < 4.78 is 12.6. The molecule has 4 aromatic rings. The Morgan fingerprint density at radius 1 is 0.972 bits per heavy atom. The van der Waals surface area contributed by atoms with Crippen LogP contribution in [-0.2, 0) is 22.4 Å². The summed E-state index contributed by atoms with van der Waals surface area (Å²) in [6.07, 6.45) is 1.02. The highest BCUT2D eigenvalue weighted by atomic mass is 127. The van der Waals surface area contributed by atoms with Gasteiger partial charge in [0, 0.05) is 29.9 Å². The van der Waals surface area contributed by atoms with Crippen LogP contribution in [0.1, 0.15) is 40.1 Å². The molecule has 0 unspecified atom stereocenters. The molecule has 1 aromatic heterocycles. The van der Waals surface area contributed by atoms with Crippen LogP contribution in [0.3, 0.4) is 0 Å². The maximum absolute atomic E-state index is 13.6. The molecule has 1 amide bonds. The maximum atomic E-state index is 13.6. The molecule has 4 rings (SSSR count). The fourth-order valence-corrected chi connectivity index (χ4v) is 5.58. The first-order chi connectivity index (χ1) is 17.2. The van der Waals surface area contributed by atoms with Crippen LogP contribution < -0.4 is 10.5 Å². The molecular weight excluding hydrogens is 688 g/mol. The molecule has 0 aliphatic heterocycles. The quantitative estimate of drug-likeness (QED) is 0.102. The number of amides is 1. The average molecular weight is 709 g/mol. The number of nitrogens with two attached hydrogens (primary N) is 1. The number of fused-ring (bicyclic) bond motifs is 1. The second kappa shape index (κ2) is 11.4. The molecule has 3 aromatic carbocycles. The van der Waals surface area contributed by atoms with Gasteiger partial charge in [-0.2, -0.15) is 0 Å². The standard InChI is InChI=1S/C27H21I2NO6/c28-19-12-16(13-20(29)27(19)34)26(33)25-18-10-9-17(35-24(32)11-15-5-2-1-3-6-15)14-22(18)36-21(25)7-4-8-23(30)31/h1-3,5-6,9-10,12-14,34H,4,7-8,11H2,(H2,30,31). The lowest BCUT2D eigenvalue weighted by Gasteiger charge is -2.07. The molecule has 0 saturated heterocycles. The Hall–Kier alpha value is -2.93. The molecule has 0 spiro atoms. The van der Waals surface area contributed by atoms with Crippen LogP contribution in [0.25, 0.3) is 11.0 Å². The van der Waals surface area contributed by atoms with Gasteiger partial charge in [0.25, 0.3) is 0 Å². The number of aromatic hydroxyl groups is 1. The first-order valence-corrected chi connectivity index (χ1v) is 13.2. The largest absolute Gasteiger partial charge is 0.506 e. The number of rotatable bonds is 9. The van der Waals surface area contributed by atoms with E-state index in [0.29, 0.717) is 53.6 Å². The number of halogens is 2. The zero-order valence-corrected chi connectivity index (χ0v) is 23.2. The van der Waals surface area contributed by atoms with Gasteiger partial charge >= 0.3 is 5.97 Å². The van der Waals surface area contributed by atoms with Gasteiger partial charge in [-0.25, -0.2) is 0 Å². The van der Waals surface area contributed by atoms with Gasteiger partial charge in [-0.15, -0.1) is 0 Å². The summed E-state index contributed by atoms with van der Waals surface area (Å²) in [5, 5.41) is 10.7. The Morgan fingerprint density at radius 2 is 1.67 bits per heavy atom. The minimum atomic E-state index is -0.436. The van der Waals surface area contributed by atoms with E-state index < -0.39 is 11.9 Å². The number of aryl methyl sites for hydroxylation is 1. The first kappa shape index (κ1) is 26.1. The molecular formula is C27H21I2NO6. The zero-order valence-electron chi connectivity index (χ0n) is 18.9. The van der Waals surface area contributed by atoms with Gasteiger partial charge in [0.15, 0.2) is 5.78 Å². The molecule has 7 nitrogen and oxygen atoms in total. The number of benzene rings is 3. The molecule has 0 saturated carbocycles. The lowest BCUT2D eigenvalue weighted by Crippen LogP contribution is -2.11. The van der Waals surface area contributed by atoms with Crippen molar-refractivity contribution in [3.63, 3.8) is 0 Å². The normalized spacial score (nSPS) is 10.9. The van der Waals surface area contributed by atoms with Crippen LogP contribution in [0, 0.1) is 7.14 Å². The highest BCUT2D eigenvalue weighted by Crippen LogP contribution is 2.34. The van der Waals surface area contributed by atoms with Crippen molar-refractivity contribution in [3.8, 4) is 11.5 Å². The number of primary amides is 1. The monoisotopic (exact) mass is 709 g/mol. The van der Waals surface area contributed by atoms with Crippen LogP contribution in [-0.4, -0.2) is 22.8 Å². The fourth-order valence-electron chi connectivity index (χ4n) is 3.81. The minimum Gasteiger partial charge on any atom is -0.506 e. The number of ketones is 1. The zero-order chi connectivity index (χ0) is 25.8. The number of ether oxygens (including phenoxy) is 1. The van der Waals surface area contributed by atoms with E-state index in [1.165, 1.54) is 0 Å². The molecule has 0 fully saturated rings. The van der Waals surface area contributed by atoms with Crippen molar-refractivity contribution in [2.45, 2.75) is 25.7 Å². The van der Waals surface area contributed by atoms with E-state index in [2.05, 4.69) is 0 Å². The Kier molecular flexibility index (Phi) is 8.29. The van der Waals surface area contributed by atoms with E-state index in [1.54, 1.807) is 30.3 Å². The van der Waals surface area contributed by atoms with Gasteiger partial charge in [-0.1, -0.05) is 30.3 Å². The Morgan fingerprint density at radius 3 is 2.33 bits per heavy atom. The van der Waals surface area contributed by atoms with Crippen LogP contribution >= 0.6 is 45.2 Å². The molecule has 0 radical (unpaired) electrons. The van der Waals surface area contributed by atoms with E-state index >= 15 is 0 Å². The van der Waals surface area contributed by atoms with E-state index in [1.807, 2.05) is 75.5 Å². The number of carbonyl (C=O) groups is 3. The summed E-state index contributed by atoms with van der Waals surface area (Å²) in [7, 11) is 0. The van der Waals surface area contributed by atoms with Gasteiger partial charge in [0.2, 0.25) is 5.91 Å². The molecule has 9 heteroatoms. The molecule has 3 N–H and O–H groups in total. The SMILES string of the molecule is NC(=O)CCCc1oc2cc(OC(=O)Cc3ccccc3)ccc2c1C(=O)c1cc(I)c(O)c(I)c1. The van der Waals surface area contributed by atoms with Crippen molar-refractivity contribution in [1.82, 2.24) is 0 Å². The fraction of sp³-hybridized carbons (Fsp3) is 0.148. The summed E-state index contributed by atoms with van der Waals surface area (Å²) in [4.78, 5) is 37.2. The lowest BCUT2D eigenvalue weighted by molar-refractivity contribution is -0.133. The number of carbonyl (C=O) groups excluding carboxylic acids is 3. The van der Waals surface area contributed by atoms with Gasteiger partial charge < -0.3 is 20.0 Å². The Bertz CT molecular complexity index is 1440. The Balaban J connectivity index is 1.67. The minimum absolute atomic E-state index is 0.119. The van der Waals surface area contributed by atoms with Crippen LogP contribution in [0.2, 0.25) is 0 Å². The van der Waals surface area contributed by atoms with Crippen molar-refractivity contribution >= 4 is 73.8 Å². The molecule has 1 heterocycles. The maximum Gasteiger partial charge on any atom is 0.315 e. The van der Waals surface area contributed by atoms with Gasteiger partial charge in [-0.3, -0.25) is 14.4 Å². The van der Waals surface area contributed by atoms with Crippen molar-refractivity contribution in [2.75, 3.05) is 0 Å². The summed E-state index contributed by atoms with van der Waals surface area (Å²) in [5.74, 6) is -0.288. The van der Waals surface area contributed by atoms with Crippen LogP contribution in [0.4, 0.5) is 0 Å². The third kappa shape index (κ3) is 6.06. The summed E-state index contributed by atoms with van der Waals surface area (Å²) in [6, 6.07) is 17.4. The number of phenols is 1. The second-order valence-corrected chi connectivity index (χ2v) is 10.5. The van der Waals surface area contributed by atoms with Crippen molar-refractivity contribution in [1.29, 1.82) is 0 Å². The van der Waals surface area contributed by atoms with Crippen molar-refractivity contribution in [3.05, 3.63) is 90.3 Å². The Labute approximate surface area is 234 Å². The average Bonchev–Trinajstić information content (AvgIpc) is 3.19. The summed E-state index contributed by atoms with van der Waals surface area (Å²) in [5.41, 5.74) is 7.28. The summed E-state index contributed by atoms with van der Waals surface area (Å²) >= 11 is 3.95.